The fourth-order valence-corrected chi connectivity index (χ4v) is 1.94. The molecule has 0 bridgehead atoms. The summed E-state index contributed by atoms with van der Waals surface area (Å²) in [6.45, 7) is 0. The standard InChI is InChI=1S/C12H7Cl2FO/c13-8-5-10(12(16)11(14)6-8)7-2-1-3-9(15)4-7/h1-6,16H. The summed E-state index contributed by atoms with van der Waals surface area (Å²) in [6.07, 6.45) is 0. The van der Waals surface area contributed by atoms with Crippen molar-refractivity contribution in [2.45, 2.75) is 0 Å². The van der Waals surface area contributed by atoms with Gasteiger partial charge in [0.05, 0.1) is 5.02 Å². The van der Waals surface area contributed by atoms with Gasteiger partial charge in [0.2, 0.25) is 0 Å². The topological polar surface area (TPSA) is 20.2 Å². The van der Waals surface area contributed by atoms with Gasteiger partial charge >= 0.3 is 0 Å². The minimum absolute atomic E-state index is 0.100. The van der Waals surface area contributed by atoms with Crippen molar-refractivity contribution in [3.8, 4) is 16.9 Å². The van der Waals surface area contributed by atoms with Crippen LogP contribution in [0.15, 0.2) is 36.4 Å². The Labute approximate surface area is 102 Å². The Balaban J connectivity index is 2.64. The lowest BCUT2D eigenvalue weighted by Gasteiger charge is -2.07. The van der Waals surface area contributed by atoms with E-state index < -0.39 is 0 Å². The number of hydrogen-bond acceptors (Lipinski definition) is 1. The maximum Gasteiger partial charge on any atom is 0.142 e. The van der Waals surface area contributed by atoms with E-state index in [0.29, 0.717) is 16.1 Å². The first-order valence-electron chi connectivity index (χ1n) is 4.52. The molecule has 1 nitrogen and oxygen atoms in total. The molecular formula is C12H7Cl2FO. The summed E-state index contributed by atoms with van der Waals surface area (Å²) >= 11 is 11.6. The lowest BCUT2D eigenvalue weighted by Crippen LogP contribution is -1.82. The molecule has 0 aliphatic heterocycles. The smallest absolute Gasteiger partial charge is 0.142 e. The van der Waals surface area contributed by atoms with Gasteiger partial charge < -0.3 is 5.11 Å². The van der Waals surface area contributed by atoms with Gasteiger partial charge in [0.1, 0.15) is 11.6 Å². The van der Waals surface area contributed by atoms with Crippen molar-refractivity contribution in [2.24, 2.45) is 0 Å². The molecule has 0 aliphatic carbocycles. The molecule has 1 N–H and O–H groups in total. The molecule has 0 spiro atoms. The van der Waals surface area contributed by atoms with Crippen molar-refractivity contribution >= 4 is 23.2 Å². The van der Waals surface area contributed by atoms with Gasteiger partial charge in [0.25, 0.3) is 0 Å². The molecule has 2 aromatic carbocycles. The van der Waals surface area contributed by atoms with Crippen LogP contribution in [0.25, 0.3) is 11.1 Å². The van der Waals surface area contributed by atoms with Crippen molar-refractivity contribution in [3.63, 3.8) is 0 Å². The molecule has 16 heavy (non-hydrogen) atoms. The molecule has 4 heteroatoms. The largest absolute Gasteiger partial charge is 0.506 e. The predicted molar refractivity (Wildman–Crippen MR) is 63.5 cm³/mol. The van der Waals surface area contributed by atoms with Crippen LogP contribution < -0.4 is 0 Å². The lowest BCUT2D eigenvalue weighted by molar-refractivity contribution is 0.477. The summed E-state index contributed by atoms with van der Waals surface area (Å²) in [5.41, 5.74) is 0.943. The van der Waals surface area contributed by atoms with E-state index in [-0.39, 0.29) is 16.6 Å². The van der Waals surface area contributed by atoms with Gasteiger partial charge in [-0.15, -0.1) is 0 Å². The van der Waals surface area contributed by atoms with E-state index in [1.165, 1.54) is 24.3 Å². The number of rotatable bonds is 1. The van der Waals surface area contributed by atoms with E-state index >= 15 is 0 Å². The third kappa shape index (κ3) is 2.13. The second-order valence-electron chi connectivity index (χ2n) is 3.29. The summed E-state index contributed by atoms with van der Waals surface area (Å²) < 4.78 is 13.0. The molecule has 0 aromatic heterocycles. The highest BCUT2D eigenvalue weighted by Gasteiger charge is 2.10. The number of aromatic hydroxyl groups is 1. The van der Waals surface area contributed by atoms with E-state index in [2.05, 4.69) is 0 Å². The first-order valence-corrected chi connectivity index (χ1v) is 5.27. The fourth-order valence-electron chi connectivity index (χ4n) is 1.44. The molecule has 0 amide bonds. The first-order chi connectivity index (χ1) is 7.58. The predicted octanol–water partition coefficient (Wildman–Crippen LogP) is 4.51. The zero-order chi connectivity index (χ0) is 11.7. The maximum absolute atomic E-state index is 13.0. The van der Waals surface area contributed by atoms with Gasteiger partial charge in [-0.1, -0.05) is 35.3 Å². The highest BCUT2D eigenvalue weighted by molar-refractivity contribution is 6.36. The lowest BCUT2D eigenvalue weighted by atomic mass is 10.0. The Morgan fingerprint density at radius 2 is 1.81 bits per heavy atom. The molecule has 0 unspecified atom stereocenters. The minimum atomic E-state index is -0.381. The fraction of sp³-hybridized carbons (Fsp3) is 0. The van der Waals surface area contributed by atoms with Crippen LogP contribution in [-0.2, 0) is 0 Å². The number of hydrogen-bond donors (Lipinski definition) is 1. The van der Waals surface area contributed by atoms with E-state index in [9.17, 15) is 9.50 Å². The summed E-state index contributed by atoms with van der Waals surface area (Å²) in [5.74, 6) is -0.482. The first kappa shape index (κ1) is 11.2. The molecule has 2 aromatic rings. The summed E-state index contributed by atoms with van der Waals surface area (Å²) in [7, 11) is 0. The van der Waals surface area contributed by atoms with Crippen LogP contribution in [-0.4, -0.2) is 5.11 Å². The second-order valence-corrected chi connectivity index (χ2v) is 4.14. The molecule has 2 rings (SSSR count). The van der Waals surface area contributed by atoms with Crippen LogP contribution in [0.4, 0.5) is 4.39 Å². The van der Waals surface area contributed by atoms with Crippen molar-refractivity contribution < 1.29 is 9.50 Å². The summed E-state index contributed by atoms with van der Waals surface area (Å²) in [6, 6.07) is 8.83. The monoisotopic (exact) mass is 256 g/mol. The van der Waals surface area contributed by atoms with Crippen LogP contribution in [0, 0.1) is 5.82 Å². The van der Waals surface area contributed by atoms with Crippen molar-refractivity contribution in [1.29, 1.82) is 0 Å². The molecule has 0 atom stereocenters. The average Bonchev–Trinajstić information content (AvgIpc) is 2.23. The molecule has 82 valence electrons. The van der Waals surface area contributed by atoms with Gasteiger partial charge in [-0.2, -0.15) is 0 Å². The number of phenolic OH excluding ortho intramolecular Hbond substituents is 1. The van der Waals surface area contributed by atoms with Crippen LogP contribution >= 0.6 is 23.2 Å². The molecule has 0 saturated carbocycles. The van der Waals surface area contributed by atoms with Crippen LogP contribution in [0.3, 0.4) is 0 Å². The van der Waals surface area contributed by atoms with Gasteiger partial charge in [-0.25, -0.2) is 4.39 Å². The Bertz CT molecular complexity index is 541. The molecule has 0 fully saturated rings. The van der Waals surface area contributed by atoms with Crippen molar-refractivity contribution in [1.82, 2.24) is 0 Å². The van der Waals surface area contributed by atoms with Crippen LogP contribution in [0.5, 0.6) is 5.75 Å². The van der Waals surface area contributed by atoms with E-state index in [1.54, 1.807) is 12.1 Å². The van der Waals surface area contributed by atoms with Gasteiger partial charge in [-0.3, -0.25) is 0 Å². The molecule has 0 heterocycles. The maximum atomic E-state index is 13.0. The zero-order valence-corrected chi connectivity index (χ0v) is 9.56. The van der Waals surface area contributed by atoms with E-state index in [4.69, 9.17) is 23.2 Å². The molecule has 0 aliphatic rings. The quantitative estimate of drug-likeness (QED) is 0.797. The SMILES string of the molecule is Oc1c(Cl)cc(Cl)cc1-c1cccc(F)c1. The molecule has 0 saturated heterocycles. The highest BCUT2D eigenvalue weighted by Crippen LogP contribution is 2.37. The van der Waals surface area contributed by atoms with Crippen LogP contribution in [0.1, 0.15) is 0 Å². The average molecular weight is 257 g/mol. The van der Waals surface area contributed by atoms with Crippen molar-refractivity contribution in [3.05, 3.63) is 52.3 Å². The Kier molecular flexibility index (Phi) is 3.03. The highest BCUT2D eigenvalue weighted by atomic mass is 35.5. The number of halogens is 3. The summed E-state index contributed by atoms with van der Waals surface area (Å²) in [5, 5.41) is 10.3. The molecular weight excluding hydrogens is 250 g/mol. The van der Waals surface area contributed by atoms with Gasteiger partial charge in [0, 0.05) is 10.6 Å². The van der Waals surface area contributed by atoms with Gasteiger partial charge in [-0.05, 0) is 29.8 Å². The number of phenols is 1. The minimum Gasteiger partial charge on any atom is -0.506 e. The Hall–Kier alpha value is -1.25. The van der Waals surface area contributed by atoms with E-state index in [1.807, 2.05) is 0 Å². The van der Waals surface area contributed by atoms with Crippen LogP contribution in [0.2, 0.25) is 10.0 Å². The third-order valence-corrected chi connectivity index (χ3v) is 2.67. The zero-order valence-electron chi connectivity index (χ0n) is 8.05. The third-order valence-electron chi connectivity index (χ3n) is 2.16. The Morgan fingerprint density at radius 1 is 1.06 bits per heavy atom. The van der Waals surface area contributed by atoms with Crippen molar-refractivity contribution in [2.75, 3.05) is 0 Å². The van der Waals surface area contributed by atoms with E-state index in [0.717, 1.165) is 0 Å². The number of benzene rings is 2. The molecule has 0 radical (unpaired) electrons. The Morgan fingerprint density at radius 3 is 2.50 bits per heavy atom. The normalized spacial score (nSPS) is 10.4. The summed E-state index contributed by atoms with van der Waals surface area (Å²) in [4.78, 5) is 0. The second kappa shape index (κ2) is 4.32. The van der Waals surface area contributed by atoms with Gasteiger partial charge in [0.15, 0.2) is 0 Å².